The van der Waals surface area contributed by atoms with Crippen LogP contribution in [0.4, 0.5) is 17.1 Å². The van der Waals surface area contributed by atoms with Gasteiger partial charge >= 0.3 is 0 Å². The summed E-state index contributed by atoms with van der Waals surface area (Å²) in [4.78, 5) is 9.01. The molecule has 1 aliphatic heterocycles. The molecule has 0 aliphatic carbocycles. The average Bonchev–Trinajstić information content (AvgIpc) is 2.48. The Morgan fingerprint density at radius 3 is 2.65 bits per heavy atom. The lowest BCUT2D eigenvalue weighted by Gasteiger charge is -2.37. The number of aromatic nitrogens is 1. The van der Waals surface area contributed by atoms with Gasteiger partial charge in [0.2, 0.25) is 0 Å². The molecule has 2 aromatic rings. The molecular weight excluding hydrogens is 248 g/mol. The molecule has 0 fully saturated rings. The van der Waals surface area contributed by atoms with Gasteiger partial charge in [-0.25, -0.2) is 0 Å². The Morgan fingerprint density at radius 2 is 1.90 bits per heavy atom. The molecule has 20 heavy (non-hydrogen) atoms. The van der Waals surface area contributed by atoms with E-state index in [2.05, 4.69) is 52.2 Å². The Morgan fingerprint density at radius 1 is 1.15 bits per heavy atom. The maximum atomic E-state index is 5.88. The van der Waals surface area contributed by atoms with E-state index in [9.17, 15) is 0 Å². The maximum absolute atomic E-state index is 5.88. The largest absolute Gasteiger partial charge is 0.371 e. The zero-order valence-corrected chi connectivity index (χ0v) is 12.0. The van der Waals surface area contributed by atoms with E-state index in [1.807, 2.05) is 13.1 Å². The van der Waals surface area contributed by atoms with Crippen molar-refractivity contribution >= 4 is 17.1 Å². The fourth-order valence-corrected chi connectivity index (χ4v) is 2.74. The van der Waals surface area contributed by atoms with E-state index in [0.29, 0.717) is 6.54 Å². The Kier molecular flexibility index (Phi) is 3.32. The number of nitrogens with two attached hydrogens (primary N) is 1. The van der Waals surface area contributed by atoms with Crippen LogP contribution in [0.1, 0.15) is 11.3 Å². The SMILES string of the molecule is Cc1cc(N2CCN(C)c3ccccc32)c(CN)cn1. The molecule has 0 unspecified atom stereocenters. The second-order valence-corrected chi connectivity index (χ2v) is 5.22. The minimum Gasteiger partial charge on any atom is -0.371 e. The van der Waals surface area contributed by atoms with Crippen molar-refractivity contribution in [3.8, 4) is 0 Å². The number of hydrogen-bond donors (Lipinski definition) is 1. The number of para-hydroxylation sites is 2. The molecule has 3 rings (SSSR count). The summed E-state index contributed by atoms with van der Waals surface area (Å²) < 4.78 is 0. The van der Waals surface area contributed by atoms with Crippen LogP contribution in [0.15, 0.2) is 36.5 Å². The van der Waals surface area contributed by atoms with E-state index in [4.69, 9.17) is 5.73 Å². The highest BCUT2D eigenvalue weighted by atomic mass is 15.3. The van der Waals surface area contributed by atoms with E-state index in [1.165, 1.54) is 17.1 Å². The summed E-state index contributed by atoms with van der Waals surface area (Å²) in [6, 6.07) is 10.6. The summed E-state index contributed by atoms with van der Waals surface area (Å²) in [7, 11) is 2.14. The lowest BCUT2D eigenvalue weighted by molar-refractivity contribution is 0.815. The standard InChI is InChI=1S/C16H20N4/c1-12-9-16(13(10-17)11-18-12)20-8-7-19(2)14-5-3-4-6-15(14)20/h3-6,9,11H,7-8,10,17H2,1-2H3. The number of anilines is 3. The van der Waals surface area contributed by atoms with Gasteiger partial charge in [0.05, 0.1) is 11.4 Å². The minimum absolute atomic E-state index is 0.511. The number of nitrogens with zero attached hydrogens (tertiary/aromatic N) is 3. The minimum atomic E-state index is 0.511. The van der Waals surface area contributed by atoms with Crippen LogP contribution >= 0.6 is 0 Å². The molecular formula is C16H20N4. The number of rotatable bonds is 2. The topological polar surface area (TPSA) is 45.4 Å². The first kappa shape index (κ1) is 12.9. The van der Waals surface area contributed by atoms with Crippen LogP contribution in [0.2, 0.25) is 0 Å². The number of pyridine rings is 1. The van der Waals surface area contributed by atoms with Gasteiger partial charge in [-0.3, -0.25) is 4.98 Å². The fourth-order valence-electron chi connectivity index (χ4n) is 2.74. The van der Waals surface area contributed by atoms with Crippen LogP contribution < -0.4 is 15.5 Å². The molecule has 1 aromatic heterocycles. The van der Waals surface area contributed by atoms with Gasteiger partial charge < -0.3 is 15.5 Å². The molecule has 104 valence electrons. The maximum Gasteiger partial charge on any atom is 0.0649 e. The van der Waals surface area contributed by atoms with Crippen molar-refractivity contribution in [1.82, 2.24) is 4.98 Å². The van der Waals surface area contributed by atoms with Crippen LogP contribution in [0, 0.1) is 6.92 Å². The molecule has 0 bridgehead atoms. The number of benzene rings is 1. The summed E-state index contributed by atoms with van der Waals surface area (Å²) >= 11 is 0. The van der Waals surface area contributed by atoms with E-state index in [1.54, 1.807) is 0 Å². The molecule has 0 radical (unpaired) electrons. The third-order valence-electron chi connectivity index (χ3n) is 3.85. The van der Waals surface area contributed by atoms with Gasteiger partial charge in [0.25, 0.3) is 0 Å². The Bertz CT molecular complexity index is 624. The highest BCUT2D eigenvalue weighted by Gasteiger charge is 2.22. The van der Waals surface area contributed by atoms with Crippen LogP contribution in [0.5, 0.6) is 0 Å². The summed E-state index contributed by atoms with van der Waals surface area (Å²) in [5, 5.41) is 0. The molecule has 4 heteroatoms. The quantitative estimate of drug-likeness (QED) is 0.908. The molecule has 2 N–H and O–H groups in total. The first-order valence-corrected chi connectivity index (χ1v) is 6.94. The summed E-state index contributed by atoms with van der Waals surface area (Å²) in [6.45, 7) is 4.50. The number of likely N-dealkylation sites (N-methyl/N-ethyl adjacent to an activating group) is 1. The molecule has 0 atom stereocenters. The van der Waals surface area contributed by atoms with Crippen molar-refractivity contribution < 1.29 is 0 Å². The monoisotopic (exact) mass is 268 g/mol. The lowest BCUT2D eigenvalue weighted by Crippen LogP contribution is -2.37. The van der Waals surface area contributed by atoms with Gasteiger partial charge in [0, 0.05) is 49.8 Å². The van der Waals surface area contributed by atoms with Crippen molar-refractivity contribution in [3.05, 3.63) is 47.8 Å². The fraction of sp³-hybridized carbons (Fsp3) is 0.312. The summed E-state index contributed by atoms with van der Waals surface area (Å²) in [6.07, 6.45) is 1.89. The van der Waals surface area contributed by atoms with E-state index >= 15 is 0 Å². The highest BCUT2D eigenvalue weighted by Crippen LogP contribution is 2.38. The van der Waals surface area contributed by atoms with Crippen molar-refractivity contribution in [3.63, 3.8) is 0 Å². The van der Waals surface area contributed by atoms with E-state index in [0.717, 1.165) is 24.3 Å². The van der Waals surface area contributed by atoms with Gasteiger partial charge in [-0.15, -0.1) is 0 Å². The Labute approximate surface area is 119 Å². The summed E-state index contributed by atoms with van der Waals surface area (Å²) in [5.41, 5.74) is 11.7. The molecule has 0 saturated carbocycles. The molecule has 0 spiro atoms. The first-order valence-electron chi connectivity index (χ1n) is 6.94. The zero-order valence-electron chi connectivity index (χ0n) is 12.0. The molecule has 4 nitrogen and oxygen atoms in total. The van der Waals surface area contributed by atoms with Gasteiger partial charge in [-0.05, 0) is 25.1 Å². The second-order valence-electron chi connectivity index (χ2n) is 5.22. The number of hydrogen-bond acceptors (Lipinski definition) is 4. The van der Waals surface area contributed by atoms with Crippen LogP contribution in [0.25, 0.3) is 0 Å². The molecule has 1 aromatic carbocycles. The van der Waals surface area contributed by atoms with Crippen LogP contribution in [-0.2, 0) is 6.54 Å². The van der Waals surface area contributed by atoms with Crippen LogP contribution in [0.3, 0.4) is 0 Å². The van der Waals surface area contributed by atoms with Gasteiger partial charge in [0.15, 0.2) is 0 Å². The number of aryl methyl sites for hydroxylation is 1. The molecule has 0 saturated heterocycles. The molecule has 2 heterocycles. The van der Waals surface area contributed by atoms with Gasteiger partial charge in [0.1, 0.15) is 0 Å². The molecule has 0 amide bonds. The normalized spacial score (nSPS) is 14.3. The van der Waals surface area contributed by atoms with Crippen molar-refractivity contribution in [2.45, 2.75) is 13.5 Å². The second kappa shape index (κ2) is 5.13. The first-order chi connectivity index (χ1) is 9.70. The Balaban J connectivity index is 2.12. The smallest absolute Gasteiger partial charge is 0.0649 e. The van der Waals surface area contributed by atoms with Crippen molar-refractivity contribution in [1.29, 1.82) is 0 Å². The molecule has 1 aliphatic rings. The van der Waals surface area contributed by atoms with Gasteiger partial charge in [-0.2, -0.15) is 0 Å². The third kappa shape index (κ3) is 2.12. The predicted molar refractivity (Wildman–Crippen MR) is 83.6 cm³/mol. The van der Waals surface area contributed by atoms with Crippen LogP contribution in [-0.4, -0.2) is 25.1 Å². The number of fused-ring (bicyclic) bond motifs is 1. The zero-order chi connectivity index (χ0) is 14.1. The average molecular weight is 268 g/mol. The highest BCUT2D eigenvalue weighted by molar-refractivity contribution is 5.80. The Hall–Kier alpha value is -2.07. The summed E-state index contributed by atoms with van der Waals surface area (Å²) in [5.74, 6) is 0. The van der Waals surface area contributed by atoms with E-state index in [-0.39, 0.29) is 0 Å². The van der Waals surface area contributed by atoms with Gasteiger partial charge in [-0.1, -0.05) is 12.1 Å². The predicted octanol–water partition coefficient (Wildman–Crippen LogP) is 2.44. The third-order valence-corrected chi connectivity index (χ3v) is 3.85. The van der Waals surface area contributed by atoms with Crippen molar-refractivity contribution in [2.75, 3.05) is 29.9 Å². The van der Waals surface area contributed by atoms with Crippen molar-refractivity contribution in [2.24, 2.45) is 5.73 Å². The van der Waals surface area contributed by atoms with E-state index < -0.39 is 0 Å². The lowest BCUT2D eigenvalue weighted by atomic mass is 10.1.